The van der Waals surface area contributed by atoms with E-state index in [0.29, 0.717) is 17.3 Å². The van der Waals surface area contributed by atoms with Crippen molar-refractivity contribution in [1.29, 1.82) is 0 Å². The lowest BCUT2D eigenvalue weighted by Crippen LogP contribution is -2.29. The second kappa shape index (κ2) is 8.70. The van der Waals surface area contributed by atoms with Crippen LogP contribution >= 0.6 is 0 Å². The summed E-state index contributed by atoms with van der Waals surface area (Å²) in [5, 5.41) is 0. The number of aromatic nitrogens is 2. The summed E-state index contributed by atoms with van der Waals surface area (Å²) in [5.41, 5.74) is 5.79. The highest BCUT2D eigenvalue weighted by molar-refractivity contribution is 5.74. The van der Waals surface area contributed by atoms with Gasteiger partial charge in [-0.2, -0.15) is 0 Å². The molecule has 0 atom stereocenters. The molecule has 1 saturated heterocycles. The first kappa shape index (κ1) is 20.3. The quantitative estimate of drug-likeness (QED) is 0.701. The van der Waals surface area contributed by atoms with Gasteiger partial charge in [0, 0.05) is 12.3 Å². The molecule has 0 saturated carbocycles. The third kappa shape index (κ3) is 4.33. The number of pyridine rings is 1. The van der Waals surface area contributed by atoms with Crippen LogP contribution in [0.5, 0.6) is 0 Å². The van der Waals surface area contributed by atoms with Crippen LogP contribution < -0.4 is 5.56 Å². The fourth-order valence-corrected chi connectivity index (χ4v) is 3.87. The van der Waals surface area contributed by atoms with Gasteiger partial charge in [0.25, 0.3) is 5.56 Å². The lowest BCUT2D eigenvalue weighted by molar-refractivity contribution is 0.255. The van der Waals surface area contributed by atoms with Gasteiger partial charge in [-0.25, -0.2) is 4.98 Å². The van der Waals surface area contributed by atoms with Gasteiger partial charge in [0.1, 0.15) is 5.65 Å². The maximum atomic E-state index is 12.8. The molecule has 1 aliphatic heterocycles. The van der Waals surface area contributed by atoms with E-state index in [9.17, 15) is 4.79 Å². The van der Waals surface area contributed by atoms with Crippen molar-refractivity contribution in [2.24, 2.45) is 0 Å². The van der Waals surface area contributed by atoms with E-state index in [0.717, 1.165) is 43.5 Å². The molecule has 1 fully saturated rings. The number of hydrogen-bond donors (Lipinski definition) is 0. The molecule has 2 aromatic rings. The van der Waals surface area contributed by atoms with Crippen molar-refractivity contribution in [3.63, 3.8) is 0 Å². The van der Waals surface area contributed by atoms with Gasteiger partial charge in [0.05, 0.1) is 5.69 Å². The largest absolute Gasteiger partial charge is 0.306 e. The monoisotopic (exact) mass is 377 g/mol. The first-order chi connectivity index (χ1) is 13.4. The summed E-state index contributed by atoms with van der Waals surface area (Å²) in [6.45, 7) is 12.4. The van der Waals surface area contributed by atoms with Crippen LogP contribution in [-0.4, -0.2) is 34.4 Å². The van der Waals surface area contributed by atoms with Gasteiger partial charge in [-0.15, -0.1) is 0 Å². The van der Waals surface area contributed by atoms with Crippen LogP contribution in [-0.2, 0) is 0 Å². The minimum absolute atomic E-state index is 0.0316. The second-order valence-electron chi connectivity index (χ2n) is 7.80. The predicted octanol–water partition coefficient (Wildman–Crippen LogP) is 4.82. The topological polar surface area (TPSA) is 37.6 Å². The fraction of sp³-hybridized carbons (Fsp3) is 0.417. The van der Waals surface area contributed by atoms with Crippen LogP contribution in [0, 0.1) is 0 Å². The van der Waals surface area contributed by atoms with Gasteiger partial charge in [-0.1, -0.05) is 31.2 Å². The number of likely N-dealkylation sites (tertiary alicyclic amines) is 1. The molecule has 0 aliphatic carbocycles. The average molecular weight is 378 g/mol. The molecule has 0 radical (unpaired) electrons. The number of piperidine rings is 1. The van der Waals surface area contributed by atoms with Crippen LogP contribution in [0.3, 0.4) is 0 Å². The Bertz CT molecular complexity index is 989. The minimum Gasteiger partial charge on any atom is -0.306 e. The molecule has 148 valence electrons. The first-order valence-electron chi connectivity index (χ1n) is 10.2. The van der Waals surface area contributed by atoms with Crippen molar-refractivity contribution in [3.05, 3.63) is 75.9 Å². The van der Waals surface area contributed by atoms with Crippen molar-refractivity contribution in [1.82, 2.24) is 14.3 Å². The zero-order valence-electron chi connectivity index (χ0n) is 17.5. The zero-order valence-corrected chi connectivity index (χ0v) is 17.5. The molecule has 0 spiro atoms. The highest BCUT2D eigenvalue weighted by Gasteiger charge is 2.19. The fourth-order valence-electron chi connectivity index (χ4n) is 3.87. The number of allylic oxidation sites excluding steroid dienone is 5. The molecule has 0 unspecified atom stereocenters. The summed E-state index contributed by atoms with van der Waals surface area (Å²) >= 11 is 0. The molecule has 0 aromatic carbocycles. The smallest absolute Gasteiger partial charge is 0.258 e. The minimum atomic E-state index is -0.0316. The van der Waals surface area contributed by atoms with Crippen LogP contribution in [0.25, 0.3) is 11.2 Å². The zero-order chi connectivity index (χ0) is 20.3. The Labute approximate surface area is 167 Å². The molecule has 28 heavy (non-hydrogen) atoms. The summed E-state index contributed by atoms with van der Waals surface area (Å²) in [5.74, 6) is 0.517. The number of nitrogens with zero attached hydrogens (tertiary/aromatic N) is 3. The van der Waals surface area contributed by atoms with Gasteiger partial charge in [0.15, 0.2) is 0 Å². The predicted molar refractivity (Wildman–Crippen MR) is 118 cm³/mol. The van der Waals surface area contributed by atoms with Crippen LogP contribution in [0.4, 0.5) is 0 Å². The normalized spacial score (nSPS) is 17.3. The molecule has 4 heteroatoms. The summed E-state index contributed by atoms with van der Waals surface area (Å²) in [6, 6.07) is 5.76. The van der Waals surface area contributed by atoms with Crippen molar-refractivity contribution in [3.8, 4) is 0 Å². The average Bonchev–Trinajstić information content (AvgIpc) is 2.69. The molecule has 3 heterocycles. The third-order valence-corrected chi connectivity index (χ3v) is 5.74. The third-order valence-electron chi connectivity index (χ3n) is 5.74. The van der Waals surface area contributed by atoms with Gasteiger partial charge >= 0.3 is 0 Å². The lowest BCUT2D eigenvalue weighted by atomic mass is 9.91. The number of fused-ring (bicyclic) bond motifs is 1. The highest BCUT2D eigenvalue weighted by atomic mass is 16.1. The SMILES string of the molecule is C=C(C)/C(=C\C(=CC)c1cc(=O)n2cc(C3CCN(C)CC3)ccc2n1)CC. The standard InChI is InChI=1S/C24H31N3O/c1-6-18(17(3)4)14-19(7-2)22-15-24(28)27-16-21(8-9-23(27)25-22)20-10-12-26(5)13-11-20/h7-9,14-16,20H,3,6,10-13H2,1-2,4-5H3/b18-14-,19-7?. The molecular weight excluding hydrogens is 346 g/mol. The number of hydrogen-bond acceptors (Lipinski definition) is 3. The second-order valence-corrected chi connectivity index (χ2v) is 7.80. The van der Waals surface area contributed by atoms with Crippen molar-refractivity contribution >= 4 is 11.2 Å². The Hall–Kier alpha value is -2.46. The molecule has 0 N–H and O–H groups in total. The molecule has 4 nitrogen and oxygen atoms in total. The molecule has 0 amide bonds. The Morgan fingerprint density at radius 3 is 2.64 bits per heavy atom. The van der Waals surface area contributed by atoms with Crippen molar-refractivity contribution in [2.75, 3.05) is 20.1 Å². The van der Waals surface area contributed by atoms with E-state index in [2.05, 4.69) is 37.6 Å². The number of rotatable bonds is 5. The van der Waals surface area contributed by atoms with Gasteiger partial charge in [-0.3, -0.25) is 9.20 Å². The summed E-state index contributed by atoms with van der Waals surface area (Å²) in [7, 11) is 2.16. The molecule has 3 rings (SSSR count). The van der Waals surface area contributed by atoms with Crippen LogP contribution in [0.2, 0.25) is 0 Å². The van der Waals surface area contributed by atoms with Crippen molar-refractivity contribution in [2.45, 2.75) is 46.0 Å². The van der Waals surface area contributed by atoms with Crippen molar-refractivity contribution < 1.29 is 0 Å². The Morgan fingerprint density at radius 1 is 1.32 bits per heavy atom. The van der Waals surface area contributed by atoms with Gasteiger partial charge in [0.2, 0.25) is 0 Å². The first-order valence-corrected chi connectivity index (χ1v) is 10.2. The van der Waals surface area contributed by atoms with E-state index in [1.165, 1.54) is 11.1 Å². The Kier molecular flexibility index (Phi) is 6.30. The maximum absolute atomic E-state index is 12.8. The van der Waals surface area contributed by atoms with Gasteiger partial charge in [-0.05, 0) is 88.0 Å². The summed E-state index contributed by atoms with van der Waals surface area (Å²) in [4.78, 5) is 20.0. The molecule has 1 aliphatic rings. The highest BCUT2D eigenvalue weighted by Crippen LogP contribution is 2.27. The summed E-state index contributed by atoms with van der Waals surface area (Å²) < 4.78 is 1.69. The van der Waals surface area contributed by atoms with E-state index >= 15 is 0 Å². The van der Waals surface area contributed by atoms with Crippen LogP contribution in [0.15, 0.2) is 59.1 Å². The maximum Gasteiger partial charge on any atom is 0.258 e. The van der Waals surface area contributed by atoms with Crippen LogP contribution in [0.1, 0.15) is 57.2 Å². The summed E-state index contributed by atoms with van der Waals surface area (Å²) in [6.07, 6.45) is 9.25. The molecule has 2 aromatic heterocycles. The Morgan fingerprint density at radius 2 is 2.04 bits per heavy atom. The molecule has 0 bridgehead atoms. The lowest BCUT2D eigenvalue weighted by Gasteiger charge is -2.29. The van der Waals surface area contributed by atoms with E-state index < -0.39 is 0 Å². The van der Waals surface area contributed by atoms with E-state index in [4.69, 9.17) is 4.98 Å². The van der Waals surface area contributed by atoms with E-state index in [-0.39, 0.29) is 5.56 Å². The molecular formula is C24H31N3O. The van der Waals surface area contributed by atoms with Gasteiger partial charge < -0.3 is 4.90 Å². The Balaban J connectivity index is 1.98. The van der Waals surface area contributed by atoms with E-state index in [1.807, 2.05) is 32.2 Å². The van der Waals surface area contributed by atoms with E-state index in [1.54, 1.807) is 10.5 Å².